The van der Waals surface area contributed by atoms with Crippen LogP contribution < -0.4 is 10.1 Å². The van der Waals surface area contributed by atoms with Crippen LogP contribution >= 0.6 is 0 Å². The lowest BCUT2D eigenvalue weighted by molar-refractivity contribution is -0.121. The van der Waals surface area contributed by atoms with Crippen molar-refractivity contribution in [3.8, 4) is 22.7 Å². The molecule has 0 aliphatic heterocycles. The molecule has 0 spiro atoms. The molecule has 0 aliphatic rings. The van der Waals surface area contributed by atoms with Gasteiger partial charge in [0, 0.05) is 24.7 Å². The van der Waals surface area contributed by atoms with Crippen LogP contribution in [0.2, 0.25) is 0 Å². The molecule has 4 rings (SSSR count). The summed E-state index contributed by atoms with van der Waals surface area (Å²) in [6, 6.07) is 22.0. The first-order chi connectivity index (χ1) is 16.0. The van der Waals surface area contributed by atoms with E-state index in [2.05, 4.69) is 5.32 Å². The Morgan fingerprint density at radius 2 is 1.85 bits per heavy atom. The topological polar surface area (TPSA) is 56.2 Å². The molecular formula is C27H26FN3O2. The second-order valence-corrected chi connectivity index (χ2v) is 7.92. The van der Waals surface area contributed by atoms with E-state index in [1.807, 2.05) is 61.7 Å². The Morgan fingerprint density at radius 3 is 2.61 bits per heavy atom. The highest BCUT2D eigenvalue weighted by Crippen LogP contribution is 2.28. The van der Waals surface area contributed by atoms with Crippen molar-refractivity contribution in [3.63, 3.8) is 0 Å². The molecule has 0 saturated carbocycles. The molecule has 4 aromatic rings. The van der Waals surface area contributed by atoms with Gasteiger partial charge in [0.15, 0.2) is 0 Å². The van der Waals surface area contributed by atoms with Gasteiger partial charge in [-0.05, 0) is 54.8 Å². The lowest BCUT2D eigenvalue weighted by Crippen LogP contribution is -2.23. The van der Waals surface area contributed by atoms with E-state index < -0.39 is 0 Å². The molecule has 1 N–H and O–H groups in total. The minimum absolute atomic E-state index is 0.0364. The predicted octanol–water partition coefficient (Wildman–Crippen LogP) is 5.24. The fraction of sp³-hybridized carbons (Fsp3) is 0.185. The standard InChI is InChI=1S/C27H26FN3O2/c1-19-9-11-20(12-10-19)17-29-26(32)14-13-22-18-31(24-7-4-6-23(28)16-24)30-27(22)21-5-3-8-25(15-21)33-2/h3-12,15-16,18H,13-14,17H2,1-2H3,(H,29,32). The van der Waals surface area contributed by atoms with Crippen molar-refractivity contribution in [1.82, 2.24) is 15.1 Å². The van der Waals surface area contributed by atoms with E-state index in [1.165, 1.54) is 17.7 Å². The van der Waals surface area contributed by atoms with Gasteiger partial charge in [0.2, 0.25) is 5.91 Å². The van der Waals surface area contributed by atoms with Crippen molar-refractivity contribution in [2.45, 2.75) is 26.3 Å². The number of carbonyl (C=O) groups is 1. The Bertz CT molecular complexity index is 1250. The van der Waals surface area contributed by atoms with Crippen LogP contribution in [0, 0.1) is 12.7 Å². The molecule has 0 aliphatic carbocycles. The van der Waals surface area contributed by atoms with Crippen molar-refractivity contribution in [3.05, 3.63) is 102 Å². The number of nitrogens with zero attached hydrogens (tertiary/aromatic N) is 2. The molecule has 0 atom stereocenters. The van der Waals surface area contributed by atoms with Crippen molar-refractivity contribution in [2.24, 2.45) is 0 Å². The molecular weight excluding hydrogens is 417 g/mol. The smallest absolute Gasteiger partial charge is 0.220 e. The molecule has 1 heterocycles. The highest BCUT2D eigenvalue weighted by Gasteiger charge is 2.15. The molecule has 33 heavy (non-hydrogen) atoms. The Balaban J connectivity index is 1.53. The predicted molar refractivity (Wildman–Crippen MR) is 127 cm³/mol. The fourth-order valence-corrected chi connectivity index (χ4v) is 3.60. The van der Waals surface area contributed by atoms with Gasteiger partial charge < -0.3 is 10.1 Å². The van der Waals surface area contributed by atoms with E-state index in [0.717, 1.165) is 28.1 Å². The summed E-state index contributed by atoms with van der Waals surface area (Å²) in [7, 11) is 1.61. The number of ether oxygens (including phenoxy) is 1. The maximum atomic E-state index is 13.8. The average Bonchev–Trinajstić information content (AvgIpc) is 3.27. The van der Waals surface area contributed by atoms with Crippen molar-refractivity contribution in [2.75, 3.05) is 7.11 Å². The highest BCUT2D eigenvalue weighted by atomic mass is 19.1. The Hall–Kier alpha value is -3.93. The summed E-state index contributed by atoms with van der Waals surface area (Å²) in [5.74, 6) is 0.350. The van der Waals surface area contributed by atoms with Gasteiger partial charge in [-0.3, -0.25) is 4.79 Å². The first-order valence-corrected chi connectivity index (χ1v) is 10.8. The lowest BCUT2D eigenvalue weighted by atomic mass is 10.0. The maximum Gasteiger partial charge on any atom is 0.220 e. The van der Waals surface area contributed by atoms with E-state index >= 15 is 0 Å². The molecule has 0 radical (unpaired) electrons. The summed E-state index contributed by atoms with van der Waals surface area (Å²) in [6.07, 6.45) is 2.68. The summed E-state index contributed by atoms with van der Waals surface area (Å²) in [5, 5.41) is 7.69. The van der Waals surface area contributed by atoms with E-state index in [1.54, 1.807) is 23.9 Å². The van der Waals surface area contributed by atoms with E-state index in [0.29, 0.717) is 25.1 Å². The van der Waals surface area contributed by atoms with Crippen LogP contribution in [0.3, 0.4) is 0 Å². The monoisotopic (exact) mass is 443 g/mol. The van der Waals surface area contributed by atoms with Crippen LogP contribution in [-0.4, -0.2) is 22.8 Å². The molecule has 168 valence electrons. The Labute approximate surface area is 192 Å². The number of aryl methyl sites for hydroxylation is 2. The summed E-state index contributed by atoms with van der Waals surface area (Å²) in [5.41, 5.74) is 5.38. The van der Waals surface area contributed by atoms with Crippen molar-refractivity contribution < 1.29 is 13.9 Å². The number of halogens is 1. The fourth-order valence-electron chi connectivity index (χ4n) is 3.60. The van der Waals surface area contributed by atoms with Gasteiger partial charge in [-0.25, -0.2) is 9.07 Å². The van der Waals surface area contributed by atoms with Gasteiger partial charge in [0.1, 0.15) is 11.6 Å². The van der Waals surface area contributed by atoms with Crippen LogP contribution in [0.25, 0.3) is 16.9 Å². The van der Waals surface area contributed by atoms with Crippen molar-refractivity contribution in [1.29, 1.82) is 0 Å². The number of carbonyl (C=O) groups excluding carboxylic acids is 1. The molecule has 5 nitrogen and oxygen atoms in total. The number of amides is 1. The number of benzene rings is 3. The molecule has 0 saturated heterocycles. The SMILES string of the molecule is COc1cccc(-c2nn(-c3cccc(F)c3)cc2CCC(=O)NCc2ccc(C)cc2)c1. The average molecular weight is 444 g/mol. The van der Waals surface area contributed by atoms with Gasteiger partial charge in [-0.15, -0.1) is 0 Å². The summed E-state index contributed by atoms with van der Waals surface area (Å²) >= 11 is 0. The second kappa shape index (κ2) is 10.1. The van der Waals surface area contributed by atoms with Crippen molar-refractivity contribution >= 4 is 5.91 Å². The van der Waals surface area contributed by atoms with Crippen LogP contribution in [0.1, 0.15) is 23.1 Å². The van der Waals surface area contributed by atoms with E-state index in [9.17, 15) is 9.18 Å². The largest absolute Gasteiger partial charge is 0.497 e. The van der Waals surface area contributed by atoms with Gasteiger partial charge in [-0.2, -0.15) is 5.10 Å². The van der Waals surface area contributed by atoms with Crippen LogP contribution in [-0.2, 0) is 17.8 Å². The third-order valence-corrected chi connectivity index (χ3v) is 5.44. The number of nitrogens with one attached hydrogen (secondary N) is 1. The molecule has 1 amide bonds. The van der Waals surface area contributed by atoms with Gasteiger partial charge >= 0.3 is 0 Å². The van der Waals surface area contributed by atoms with E-state index in [4.69, 9.17) is 9.84 Å². The number of methoxy groups -OCH3 is 1. The zero-order chi connectivity index (χ0) is 23.2. The number of hydrogen-bond donors (Lipinski definition) is 1. The minimum atomic E-state index is -0.331. The highest BCUT2D eigenvalue weighted by molar-refractivity contribution is 5.76. The zero-order valence-corrected chi connectivity index (χ0v) is 18.7. The molecule has 1 aromatic heterocycles. The zero-order valence-electron chi connectivity index (χ0n) is 18.7. The first kappa shape index (κ1) is 22.3. The van der Waals surface area contributed by atoms with Gasteiger partial charge in [0.25, 0.3) is 0 Å². The lowest BCUT2D eigenvalue weighted by Gasteiger charge is -2.07. The Kier molecular flexibility index (Phi) is 6.83. The van der Waals surface area contributed by atoms with Crippen LogP contribution in [0.5, 0.6) is 5.75 Å². The quantitative estimate of drug-likeness (QED) is 0.405. The second-order valence-electron chi connectivity index (χ2n) is 7.92. The van der Waals surface area contributed by atoms with Crippen LogP contribution in [0.4, 0.5) is 4.39 Å². The van der Waals surface area contributed by atoms with Crippen LogP contribution in [0.15, 0.2) is 79.0 Å². The van der Waals surface area contributed by atoms with E-state index in [-0.39, 0.29) is 11.7 Å². The number of aromatic nitrogens is 2. The number of hydrogen-bond acceptors (Lipinski definition) is 3. The normalized spacial score (nSPS) is 10.8. The molecule has 3 aromatic carbocycles. The molecule has 0 bridgehead atoms. The van der Waals surface area contributed by atoms with Gasteiger partial charge in [0.05, 0.1) is 18.5 Å². The third-order valence-electron chi connectivity index (χ3n) is 5.44. The minimum Gasteiger partial charge on any atom is -0.497 e. The molecule has 0 unspecified atom stereocenters. The molecule has 6 heteroatoms. The summed E-state index contributed by atoms with van der Waals surface area (Å²) < 4.78 is 20.8. The summed E-state index contributed by atoms with van der Waals surface area (Å²) in [4.78, 5) is 12.5. The van der Waals surface area contributed by atoms with Gasteiger partial charge in [-0.1, -0.05) is 48.0 Å². The molecule has 0 fully saturated rings. The summed E-state index contributed by atoms with van der Waals surface area (Å²) in [6.45, 7) is 2.52. The first-order valence-electron chi connectivity index (χ1n) is 10.8. The maximum absolute atomic E-state index is 13.8. The number of rotatable bonds is 8. The Morgan fingerprint density at radius 1 is 1.06 bits per heavy atom. The third kappa shape index (κ3) is 5.66.